The van der Waals surface area contributed by atoms with E-state index in [4.69, 9.17) is 0 Å². The Morgan fingerprint density at radius 2 is 2.00 bits per heavy atom. The first-order chi connectivity index (χ1) is 13.2. The van der Waals surface area contributed by atoms with Crippen LogP contribution in [0.4, 0.5) is 13.2 Å². The summed E-state index contributed by atoms with van der Waals surface area (Å²) in [5, 5.41) is 7.20. The number of amides is 1. The van der Waals surface area contributed by atoms with E-state index in [0.29, 0.717) is 11.5 Å². The summed E-state index contributed by atoms with van der Waals surface area (Å²) >= 11 is 0. The highest BCUT2D eigenvalue weighted by atomic mass is 19.4. The summed E-state index contributed by atoms with van der Waals surface area (Å²) in [6, 6.07) is 3.41. The van der Waals surface area contributed by atoms with E-state index in [2.05, 4.69) is 16.3 Å². The number of benzene rings is 1. The Balaban J connectivity index is 2.32. The third kappa shape index (κ3) is 6.55. The normalized spacial score (nSPS) is 17.1. The SMILES string of the molecule is CC/C=c1\ccc(C(=O)NCC(F)(F)F)c(C)\c1=C\N(C)CC1CCNCC1. The molecule has 0 saturated carbocycles. The molecule has 0 atom stereocenters. The summed E-state index contributed by atoms with van der Waals surface area (Å²) in [6.45, 7) is 5.46. The number of nitrogens with zero attached hydrogens (tertiary/aromatic N) is 1. The smallest absolute Gasteiger partial charge is 0.380 e. The summed E-state index contributed by atoms with van der Waals surface area (Å²) < 4.78 is 37.3. The van der Waals surface area contributed by atoms with Crippen LogP contribution in [0.3, 0.4) is 0 Å². The molecular weight excluding hydrogens is 367 g/mol. The number of halogens is 3. The molecule has 1 heterocycles. The number of hydrogen-bond acceptors (Lipinski definition) is 3. The topological polar surface area (TPSA) is 44.4 Å². The quantitative estimate of drug-likeness (QED) is 0.773. The molecule has 0 spiro atoms. The van der Waals surface area contributed by atoms with E-state index in [1.807, 2.05) is 31.6 Å². The molecule has 1 fully saturated rings. The van der Waals surface area contributed by atoms with Crippen LogP contribution in [0.25, 0.3) is 12.3 Å². The van der Waals surface area contributed by atoms with Crippen molar-refractivity contribution in [2.45, 2.75) is 39.3 Å². The van der Waals surface area contributed by atoms with Crippen LogP contribution in [-0.2, 0) is 0 Å². The Morgan fingerprint density at radius 3 is 2.61 bits per heavy atom. The molecule has 0 bridgehead atoms. The highest BCUT2D eigenvalue weighted by molar-refractivity contribution is 5.95. The van der Waals surface area contributed by atoms with Crippen molar-refractivity contribution in [1.29, 1.82) is 0 Å². The standard InChI is InChI=1S/C21H30F3N3O/c1-4-5-17-6-7-18(20(28)26-14-21(22,23)24)15(2)19(17)13-27(3)12-16-8-10-25-11-9-16/h5-7,13,16,25H,4,8-12,14H2,1-3H3,(H,26,28)/b17-5+,19-13-. The molecule has 1 aromatic rings. The fraction of sp³-hybridized carbons (Fsp3) is 0.571. The van der Waals surface area contributed by atoms with Crippen molar-refractivity contribution in [3.63, 3.8) is 0 Å². The van der Waals surface area contributed by atoms with E-state index >= 15 is 0 Å². The molecule has 156 valence electrons. The van der Waals surface area contributed by atoms with E-state index in [9.17, 15) is 18.0 Å². The van der Waals surface area contributed by atoms with Gasteiger partial charge in [-0.3, -0.25) is 4.79 Å². The molecule has 1 saturated heterocycles. The van der Waals surface area contributed by atoms with Gasteiger partial charge in [-0.15, -0.1) is 0 Å². The van der Waals surface area contributed by atoms with Gasteiger partial charge in [0, 0.05) is 30.6 Å². The Bertz CT molecular complexity index is 783. The molecule has 1 aliphatic heterocycles. The zero-order valence-corrected chi connectivity index (χ0v) is 16.8. The first-order valence-corrected chi connectivity index (χ1v) is 9.79. The van der Waals surface area contributed by atoms with Crippen molar-refractivity contribution in [2.24, 2.45) is 5.92 Å². The van der Waals surface area contributed by atoms with Crippen LogP contribution in [0.15, 0.2) is 12.1 Å². The van der Waals surface area contributed by atoms with Crippen LogP contribution < -0.4 is 21.1 Å². The summed E-state index contributed by atoms with van der Waals surface area (Å²) in [7, 11) is 2.01. The van der Waals surface area contributed by atoms with Gasteiger partial charge in [-0.1, -0.05) is 19.1 Å². The van der Waals surface area contributed by atoms with Crippen molar-refractivity contribution in [1.82, 2.24) is 15.5 Å². The Kier molecular flexibility index (Phi) is 7.92. The minimum Gasteiger partial charge on any atom is -0.380 e. The maximum absolute atomic E-state index is 12.4. The van der Waals surface area contributed by atoms with E-state index < -0.39 is 18.6 Å². The van der Waals surface area contributed by atoms with Crippen molar-refractivity contribution in [3.05, 3.63) is 33.7 Å². The van der Waals surface area contributed by atoms with Crippen LogP contribution in [0.5, 0.6) is 0 Å². The van der Waals surface area contributed by atoms with E-state index in [-0.39, 0.29) is 5.56 Å². The van der Waals surface area contributed by atoms with Gasteiger partial charge in [-0.25, -0.2) is 0 Å². The Morgan fingerprint density at radius 1 is 1.32 bits per heavy atom. The zero-order chi connectivity index (χ0) is 20.7. The number of hydrogen-bond donors (Lipinski definition) is 2. The van der Waals surface area contributed by atoms with E-state index in [1.54, 1.807) is 13.0 Å². The fourth-order valence-electron chi connectivity index (χ4n) is 3.59. The number of carbonyl (C=O) groups is 1. The minimum atomic E-state index is -4.43. The molecule has 4 nitrogen and oxygen atoms in total. The second-order valence-electron chi connectivity index (χ2n) is 7.41. The summed E-state index contributed by atoms with van der Waals surface area (Å²) in [6.07, 6.45) is 2.74. The van der Waals surface area contributed by atoms with E-state index in [1.165, 1.54) is 0 Å². The predicted molar refractivity (Wildman–Crippen MR) is 106 cm³/mol. The van der Waals surface area contributed by atoms with Crippen LogP contribution in [0.2, 0.25) is 0 Å². The zero-order valence-electron chi connectivity index (χ0n) is 16.8. The lowest BCUT2D eigenvalue weighted by Gasteiger charge is -2.27. The Labute approximate surface area is 164 Å². The molecule has 0 aliphatic carbocycles. The number of nitrogens with one attached hydrogen (secondary N) is 2. The molecule has 2 rings (SSSR count). The van der Waals surface area contributed by atoms with E-state index in [0.717, 1.165) is 49.3 Å². The molecular formula is C21H30F3N3O. The highest BCUT2D eigenvalue weighted by Gasteiger charge is 2.28. The average molecular weight is 397 g/mol. The highest BCUT2D eigenvalue weighted by Crippen LogP contribution is 2.14. The van der Waals surface area contributed by atoms with Gasteiger partial charge in [0.15, 0.2) is 0 Å². The van der Waals surface area contributed by atoms with Gasteiger partial charge < -0.3 is 15.5 Å². The van der Waals surface area contributed by atoms with Crippen LogP contribution >= 0.6 is 0 Å². The molecule has 1 aromatic carbocycles. The van der Waals surface area contributed by atoms with Crippen molar-refractivity contribution < 1.29 is 18.0 Å². The minimum absolute atomic E-state index is 0.277. The first-order valence-electron chi connectivity index (χ1n) is 9.79. The van der Waals surface area contributed by atoms with Crippen LogP contribution in [-0.4, -0.2) is 50.2 Å². The lowest BCUT2D eigenvalue weighted by molar-refractivity contribution is -0.123. The van der Waals surface area contributed by atoms with Gasteiger partial charge in [0.1, 0.15) is 6.54 Å². The van der Waals surface area contributed by atoms with Crippen molar-refractivity contribution >= 4 is 18.2 Å². The second kappa shape index (κ2) is 9.96. The summed E-state index contributed by atoms with van der Waals surface area (Å²) in [5.41, 5.74) is 0.970. The first kappa shape index (κ1) is 22.3. The largest absolute Gasteiger partial charge is 0.405 e. The lowest BCUT2D eigenvalue weighted by Crippen LogP contribution is -2.38. The third-order valence-corrected chi connectivity index (χ3v) is 5.02. The van der Waals surface area contributed by atoms with Gasteiger partial charge in [0.05, 0.1) is 0 Å². The number of alkyl halides is 3. The number of piperidine rings is 1. The molecule has 0 aromatic heterocycles. The molecule has 28 heavy (non-hydrogen) atoms. The molecule has 2 N–H and O–H groups in total. The summed E-state index contributed by atoms with van der Waals surface area (Å²) in [4.78, 5) is 14.4. The van der Waals surface area contributed by atoms with Gasteiger partial charge >= 0.3 is 6.18 Å². The number of rotatable bonds is 6. The average Bonchev–Trinajstić information content (AvgIpc) is 2.63. The summed E-state index contributed by atoms with van der Waals surface area (Å²) in [5.74, 6) is -0.0896. The molecule has 0 radical (unpaired) electrons. The van der Waals surface area contributed by atoms with Gasteiger partial charge in [0.2, 0.25) is 0 Å². The van der Waals surface area contributed by atoms with Gasteiger partial charge in [0.25, 0.3) is 5.91 Å². The fourth-order valence-corrected chi connectivity index (χ4v) is 3.59. The number of carbonyl (C=O) groups excluding carboxylic acids is 1. The molecule has 0 unspecified atom stereocenters. The van der Waals surface area contributed by atoms with Crippen LogP contribution in [0.1, 0.15) is 42.1 Å². The van der Waals surface area contributed by atoms with Gasteiger partial charge in [-0.05, 0) is 62.0 Å². The molecule has 1 amide bonds. The van der Waals surface area contributed by atoms with Gasteiger partial charge in [-0.2, -0.15) is 13.2 Å². The van der Waals surface area contributed by atoms with Crippen molar-refractivity contribution in [2.75, 3.05) is 33.2 Å². The Hall–Kier alpha value is -2.02. The maximum atomic E-state index is 12.4. The molecule has 1 aliphatic rings. The monoisotopic (exact) mass is 397 g/mol. The molecule has 7 heteroatoms. The maximum Gasteiger partial charge on any atom is 0.405 e. The van der Waals surface area contributed by atoms with Crippen molar-refractivity contribution in [3.8, 4) is 0 Å². The lowest BCUT2D eigenvalue weighted by atomic mass is 9.97. The third-order valence-electron chi connectivity index (χ3n) is 5.02. The predicted octanol–water partition coefficient (Wildman–Crippen LogP) is 2.15. The second-order valence-corrected chi connectivity index (χ2v) is 7.41. The van der Waals surface area contributed by atoms with Crippen LogP contribution in [0, 0.1) is 12.8 Å².